The molecule has 0 spiro atoms. The van der Waals surface area contributed by atoms with Crippen molar-refractivity contribution in [3.05, 3.63) is 17.0 Å². The number of aliphatic hydroxyl groups is 1. The van der Waals surface area contributed by atoms with Gasteiger partial charge in [-0.15, -0.1) is 11.3 Å². The van der Waals surface area contributed by atoms with E-state index in [2.05, 4.69) is 32.4 Å². The molecule has 1 aliphatic carbocycles. The Balaban J connectivity index is 2.16. The monoisotopic (exact) mass is 331 g/mol. The molecule has 0 unspecified atom stereocenters. The molecule has 1 fully saturated rings. The third kappa shape index (κ3) is 4.28. The molecule has 2 rings (SSSR count). The third-order valence-electron chi connectivity index (χ3n) is 3.95. The normalized spacial score (nSPS) is 22.3. The second-order valence-corrected chi connectivity index (χ2v) is 10.5. The maximum absolute atomic E-state index is 12.5. The lowest BCUT2D eigenvalue weighted by atomic mass is 9.64. The van der Waals surface area contributed by atoms with E-state index < -0.39 is 10.0 Å². The molecule has 0 amide bonds. The van der Waals surface area contributed by atoms with E-state index in [1.807, 2.05) is 0 Å². The number of sulfonamides is 1. The Morgan fingerprint density at radius 1 is 1.29 bits per heavy atom. The molecule has 4 nitrogen and oxygen atoms in total. The lowest BCUT2D eigenvalue weighted by Gasteiger charge is -2.44. The van der Waals surface area contributed by atoms with Crippen molar-refractivity contribution in [1.82, 2.24) is 4.72 Å². The molecular formula is C15H25NO3S2. The fourth-order valence-corrected chi connectivity index (χ4v) is 6.24. The van der Waals surface area contributed by atoms with Gasteiger partial charge in [0, 0.05) is 6.04 Å². The first-order chi connectivity index (χ1) is 9.53. The summed E-state index contributed by atoms with van der Waals surface area (Å²) in [5.41, 5.74) is 0.922. The first-order valence-corrected chi connectivity index (χ1v) is 9.60. The Kier molecular flexibility index (Phi) is 4.55. The van der Waals surface area contributed by atoms with Gasteiger partial charge < -0.3 is 5.11 Å². The molecule has 0 bridgehead atoms. The molecule has 120 valence electrons. The highest BCUT2D eigenvalue weighted by Crippen LogP contribution is 2.46. The Hall–Kier alpha value is -0.430. The van der Waals surface area contributed by atoms with Gasteiger partial charge in [0.2, 0.25) is 10.0 Å². The number of hydrogen-bond acceptors (Lipinski definition) is 4. The number of rotatable bonds is 4. The van der Waals surface area contributed by atoms with Gasteiger partial charge in [0.1, 0.15) is 4.21 Å². The summed E-state index contributed by atoms with van der Waals surface area (Å²) < 4.78 is 28.1. The van der Waals surface area contributed by atoms with E-state index in [0.717, 1.165) is 30.6 Å². The van der Waals surface area contributed by atoms with Crippen molar-refractivity contribution in [2.75, 3.05) is 0 Å². The molecule has 1 aliphatic rings. The van der Waals surface area contributed by atoms with E-state index in [1.165, 1.54) is 0 Å². The Labute approximate surface area is 131 Å². The van der Waals surface area contributed by atoms with Crippen LogP contribution >= 0.6 is 11.3 Å². The van der Waals surface area contributed by atoms with E-state index in [9.17, 15) is 8.42 Å². The molecule has 1 aromatic heterocycles. The van der Waals surface area contributed by atoms with Gasteiger partial charge in [-0.2, -0.15) is 0 Å². The fourth-order valence-electron chi connectivity index (χ4n) is 3.78. The van der Waals surface area contributed by atoms with E-state index >= 15 is 0 Å². The van der Waals surface area contributed by atoms with Crippen LogP contribution in [-0.4, -0.2) is 19.6 Å². The smallest absolute Gasteiger partial charge is 0.250 e. The Morgan fingerprint density at radius 2 is 1.86 bits per heavy atom. The second kappa shape index (κ2) is 5.65. The average Bonchev–Trinajstić information content (AvgIpc) is 2.72. The minimum absolute atomic E-state index is 0.0339. The van der Waals surface area contributed by atoms with Crippen LogP contribution in [0.15, 0.2) is 15.7 Å². The predicted octanol–water partition coefficient (Wildman–Crippen LogP) is 3.12. The van der Waals surface area contributed by atoms with E-state index in [0.29, 0.717) is 5.56 Å². The molecule has 6 heteroatoms. The quantitative estimate of drug-likeness (QED) is 0.891. The van der Waals surface area contributed by atoms with Gasteiger partial charge in [0.15, 0.2) is 0 Å². The minimum Gasteiger partial charge on any atom is -0.392 e. The zero-order chi connectivity index (χ0) is 15.9. The molecule has 0 aromatic carbocycles. The fraction of sp³-hybridized carbons (Fsp3) is 0.733. The molecule has 0 aliphatic heterocycles. The molecule has 21 heavy (non-hydrogen) atoms. The molecule has 1 heterocycles. The predicted molar refractivity (Wildman–Crippen MR) is 85.8 cm³/mol. The summed E-state index contributed by atoms with van der Waals surface area (Å²) in [4.78, 5) is 0. The van der Waals surface area contributed by atoms with Crippen molar-refractivity contribution in [3.63, 3.8) is 0 Å². The average molecular weight is 332 g/mol. The van der Waals surface area contributed by atoms with Crippen molar-refractivity contribution in [2.45, 2.75) is 63.8 Å². The summed E-state index contributed by atoms with van der Waals surface area (Å²) in [5.74, 6) is 0. The summed E-state index contributed by atoms with van der Waals surface area (Å²) in [6, 6.07) is 1.51. The van der Waals surface area contributed by atoms with Gasteiger partial charge in [0.25, 0.3) is 0 Å². The highest BCUT2D eigenvalue weighted by molar-refractivity contribution is 7.91. The first kappa shape index (κ1) is 16.9. The maximum Gasteiger partial charge on any atom is 0.250 e. The van der Waals surface area contributed by atoms with Crippen LogP contribution in [0.3, 0.4) is 0 Å². The van der Waals surface area contributed by atoms with Crippen molar-refractivity contribution in [2.24, 2.45) is 10.8 Å². The van der Waals surface area contributed by atoms with Crippen LogP contribution in [0.5, 0.6) is 0 Å². The largest absolute Gasteiger partial charge is 0.392 e. The number of hydrogen-bond donors (Lipinski definition) is 2. The summed E-state index contributed by atoms with van der Waals surface area (Å²) in [7, 11) is -3.49. The maximum atomic E-state index is 12.5. The third-order valence-corrected chi connectivity index (χ3v) is 6.96. The summed E-state index contributed by atoms with van der Waals surface area (Å²) in [5, 5.41) is 10.8. The standard InChI is InChI=1S/C15H25NO3S2/c1-14(2)6-12(7-15(3,4)10-14)16-21(18,19)13-5-11(8-17)9-20-13/h5,9,12,16-17H,6-8,10H2,1-4H3. The molecule has 0 radical (unpaired) electrons. The zero-order valence-corrected chi connectivity index (χ0v) is 14.8. The summed E-state index contributed by atoms with van der Waals surface area (Å²) in [6.07, 6.45) is 2.81. The van der Waals surface area contributed by atoms with Crippen molar-refractivity contribution < 1.29 is 13.5 Å². The van der Waals surface area contributed by atoms with E-state index in [-0.39, 0.29) is 27.7 Å². The van der Waals surface area contributed by atoms with Gasteiger partial charge in [-0.3, -0.25) is 0 Å². The van der Waals surface area contributed by atoms with Crippen LogP contribution in [-0.2, 0) is 16.6 Å². The highest BCUT2D eigenvalue weighted by Gasteiger charge is 2.40. The van der Waals surface area contributed by atoms with Crippen molar-refractivity contribution >= 4 is 21.4 Å². The first-order valence-electron chi connectivity index (χ1n) is 7.24. The second-order valence-electron chi connectivity index (χ2n) is 7.66. The van der Waals surface area contributed by atoms with Crippen molar-refractivity contribution in [1.29, 1.82) is 0 Å². The SMILES string of the molecule is CC1(C)CC(NS(=O)(=O)c2cc(CO)cs2)CC(C)(C)C1. The zero-order valence-electron chi connectivity index (χ0n) is 13.1. The lowest BCUT2D eigenvalue weighted by molar-refractivity contribution is 0.0934. The van der Waals surface area contributed by atoms with Gasteiger partial charge in [-0.25, -0.2) is 13.1 Å². The number of thiophene rings is 1. The van der Waals surface area contributed by atoms with Crippen molar-refractivity contribution in [3.8, 4) is 0 Å². The summed E-state index contributed by atoms with van der Waals surface area (Å²) >= 11 is 1.16. The van der Waals surface area contributed by atoms with Crippen LogP contribution < -0.4 is 4.72 Å². The van der Waals surface area contributed by atoms with Crippen LogP contribution in [0.25, 0.3) is 0 Å². The molecule has 0 atom stereocenters. The number of aliphatic hydroxyl groups excluding tert-OH is 1. The van der Waals surface area contributed by atoms with Crippen LogP contribution in [0.2, 0.25) is 0 Å². The molecule has 2 N–H and O–H groups in total. The van der Waals surface area contributed by atoms with E-state index in [4.69, 9.17) is 5.11 Å². The summed E-state index contributed by atoms with van der Waals surface area (Å²) in [6.45, 7) is 8.67. The molecule has 1 aromatic rings. The minimum atomic E-state index is -3.49. The molecular weight excluding hydrogens is 306 g/mol. The molecule has 0 saturated heterocycles. The Morgan fingerprint density at radius 3 is 2.33 bits per heavy atom. The number of nitrogens with one attached hydrogen (secondary N) is 1. The Bertz CT molecular complexity index is 586. The van der Waals surface area contributed by atoms with Crippen LogP contribution in [0.1, 0.15) is 52.5 Å². The lowest BCUT2D eigenvalue weighted by Crippen LogP contribution is -2.45. The highest BCUT2D eigenvalue weighted by atomic mass is 32.2. The van der Waals surface area contributed by atoms with Gasteiger partial charge in [-0.05, 0) is 47.1 Å². The van der Waals surface area contributed by atoms with Gasteiger partial charge >= 0.3 is 0 Å². The van der Waals surface area contributed by atoms with Crippen LogP contribution in [0, 0.1) is 10.8 Å². The van der Waals surface area contributed by atoms with Gasteiger partial charge in [0.05, 0.1) is 6.61 Å². The van der Waals surface area contributed by atoms with Gasteiger partial charge in [-0.1, -0.05) is 27.7 Å². The molecule has 1 saturated carbocycles. The van der Waals surface area contributed by atoms with Crippen LogP contribution in [0.4, 0.5) is 0 Å². The van der Waals surface area contributed by atoms with E-state index in [1.54, 1.807) is 11.4 Å². The topological polar surface area (TPSA) is 66.4 Å².